The van der Waals surface area contributed by atoms with Gasteiger partial charge in [-0.2, -0.15) is 0 Å². The third-order valence-corrected chi connectivity index (χ3v) is 3.49. The molecule has 0 spiro atoms. The molecule has 1 heterocycles. The molecule has 0 atom stereocenters. The van der Waals surface area contributed by atoms with E-state index in [2.05, 4.69) is 17.2 Å². The molecule has 0 radical (unpaired) electrons. The molecule has 0 bridgehead atoms. The number of aromatic nitrogens is 1. The lowest BCUT2D eigenvalue weighted by molar-refractivity contribution is 0.627. The Kier molecular flexibility index (Phi) is 4.84. The third-order valence-electron chi connectivity index (χ3n) is 2.92. The number of pyridine rings is 1. The predicted molar refractivity (Wildman–Crippen MR) is 83.2 cm³/mol. The maximum Gasteiger partial charge on any atom is 0.145 e. The van der Waals surface area contributed by atoms with E-state index < -0.39 is 0 Å². The molecule has 0 aliphatic carbocycles. The van der Waals surface area contributed by atoms with Gasteiger partial charge in [-0.15, -0.1) is 0 Å². The fourth-order valence-electron chi connectivity index (χ4n) is 1.92. The van der Waals surface area contributed by atoms with Crippen molar-refractivity contribution in [3.63, 3.8) is 0 Å². The summed E-state index contributed by atoms with van der Waals surface area (Å²) in [5, 5.41) is 4.08. The van der Waals surface area contributed by atoms with Gasteiger partial charge in [-0.25, -0.2) is 9.37 Å². The van der Waals surface area contributed by atoms with Gasteiger partial charge < -0.3 is 5.32 Å². The van der Waals surface area contributed by atoms with Crippen molar-refractivity contribution in [1.29, 1.82) is 0 Å². The average Bonchev–Trinajstić information content (AvgIpc) is 2.39. The van der Waals surface area contributed by atoms with Gasteiger partial charge in [-0.3, -0.25) is 0 Å². The quantitative estimate of drug-likeness (QED) is 0.826. The summed E-state index contributed by atoms with van der Waals surface area (Å²) in [5.74, 6) is 0.317. The Morgan fingerprint density at radius 1 is 1.20 bits per heavy atom. The van der Waals surface area contributed by atoms with Crippen LogP contribution in [-0.2, 0) is 0 Å². The van der Waals surface area contributed by atoms with E-state index in [4.69, 9.17) is 23.2 Å². The first-order valence-corrected chi connectivity index (χ1v) is 7.15. The molecular weight excluding hydrogens is 298 g/mol. The molecule has 0 saturated heterocycles. The SMILES string of the molecule is CCCNc1nc(-c2ccc(F)cc2C)c(Cl)cc1Cl. The number of benzene rings is 1. The maximum atomic E-state index is 13.2. The fourth-order valence-corrected chi connectivity index (χ4v) is 2.44. The molecule has 0 aliphatic heterocycles. The Labute approximate surface area is 127 Å². The lowest BCUT2D eigenvalue weighted by Crippen LogP contribution is -2.04. The standard InChI is InChI=1S/C15H15Cl2FN2/c1-3-6-19-15-13(17)8-12(16)14(20-15)11-5-4-10(18)7-9(11)2/h4-5,7-8H,3,6H2,1-2H3,(H,19,20). The van der Waals surface area contributed by atoms with Crippen LogP contribution in [0.5, 0.6) is 0 Å². The Morgan fingerprint density at radius 2 is 1.95 bits per heavy atom. The van der Waals surface area contributed by atoms with Crippen LogP contribution in [0, 0.1) is 12.7 Å². The fraction of sp³-hybridized carbons (Fsp3) is 0.267. The van der Waals surface area contributed by atoms with Crippen molar-refractivity contribution in [3.8, 4) is 11.3 Å². The lowest BCUT2D eigenvalue weighted by Gasteiger charge is -2.12. The van der Waals surface area contributed by atoms with Crippen LogP contribution in [-0.4, -0.2) is 11.5 Å². The summed E-state index contributed by atoms with van der Waals surface area (Å²) in [5.41, 5.74) is 2.18. The van der Waals surface area contributed by atoms with Crippen molar-refractivity contribution >= 4 is 29.0 Å². The number of hydrogen-bond donors (Lipinski definition) is 1. The zero-order valence-corrected chi connectivity index (χ0v) is 12.8. The molecule has 1 aromatic heterocycles. The second kappa shape index (κ2) is 6.42. The first-order chi connectivity index (χ1) is 9.52. The van der Waals surface area contributed by atoms with E-state index in [9.17, 15) is 4.39 Å². The largest absolute Gasteiger partial charge is 0.369 e. The number of halogens is 3. The molecule has 0 amide bonds. The van der Waals surface area contributed by atoms with E-state index in [0.29, 0.717) is 21.6 Å². The van der Waals surface area contributed by atoms with E-state index in [-0.39, 0.29) is 5.82 Å². The Hall–Kier alpha value is -1.32. The minimum Gasteiger partial charge on any atom is -0.369 e. The van der Waals surface area contributed by atoms with Crippen LogP contribution in [0.2, 0.25) is 10.0 Å². The van der Waals surface area contributed by atoms with E-state index >= 15 is 0 Å². The van der Waals surface area contributed by atoms with Crippen molar-refractivity contribution in [3.05, 3.63) is 45.7 Å². The van der Waals surface area contributed by atoms with Gasteiger partial charge in [-0.05, 0) is 43.2 Å². The highest BCUT2D eigenvalue weighted by Gasteiger charge is 2.13. The van der Waals surface area contributed by atoms with Crippen molar-refractivity contribution < 1.29 is 4.39 Å². The van der Waals surface area contributed by atoms with Gasteiger partial charge in [0.2, 0.25) is 0 Å². The smallest absolute Gasteiger partial charge is 0.145 e. The number of anilines is 1. The maximum absolute atomic E-state index is 13.2. The Morgan fingerprint density at radius 3 is 2.60 bits per heavy atom. The average molecular weight is 313 g/mol. The second-order valence-corrected chi connectivity index (χ2v) is 5.35. The highest BCUT2D eigenvalue weighted by molar-refractivity contribution is 6.37. The molecule has 1 N–H and O–H groups in total. The minimum atomic E-state index is -0.277. The van der Waals surface area contributed by atoms with Crippen LogP contribution >= 0.6 is 23.2 Å². The van der Waals surface area contributed by atoms with Crippen molar-refractivity contribution in [2.45, 2.75) is 20.3 Å². The van der Waals surface area contributed by atoms with Crippen LogP contribution in [0.15, 0.2) is 24.3 Å². The minimum absolute atomic E-state index is 0.277. The van der Waals surface area contributed by atoms with Gasteiger partial charge in [0, 0.05) is 12.1 Å². The normalized spacial score (nSPS) is 10.7. The Balaban J connectivity index is 2.50. The molecule has 2 nitrogen and oxygen atoms in total. The number of aryl methyl sites for hydroxylation is 1. The zero-order chi connectivity index (χ0) is 14.7. The summed E-state index contributed by atoms with van der Waals surface area (Å²) >= 11 is 12.3. The van der Waals surface area contributed by atoms with Crippen LogP contribution < -0.4 is 5.32 Å². The van der Waals surface area contributed by atoms with Gasteiger partial charge in [-0.1, -0.05) is 30.1 Å². The molecule has 20 heavy (non-hydrogen) atoms. The topological polar surface area (TPSA) is 24.9 Å². The van der Waals surface area contributed by atoms with Crippen molar-refractivity contribution in [1.82, 2.24) is 4.98 Å². The summed E-state index contributed by atoms with van der Waals surface area (Å²) in [6, 6.07) is 6.19. The third kappa shape index (κ3) is 3.22. The van der Waals surface area contributed by atoms with Crippen LogP contribution in [0.3, 0.4) is 0 Å². The first kappa shape index (κ1) is 15.1. The molecule has 1 aromatic carbocycles. The van der Waals surface area contributed by atoms with Crippen molar-refractivity contribution in [2.75, 3.05) is 11.9 Å². The molecule has 0 fully saturated rings. The van der Waals surface area contributed by atoms with Gasteiger partial charge in [0.15, 0.2) is 0 Å². The molecular formula is C15H15Cl2FN2. The molecule has 0 saturated carbocycles. The lowest BCUT2D eigenvalue weighted by atomic mass is 10.0. The molecule has 0 unspecified atom stereocenters. The number of rotatable bonds is 4. The van der Waals surface area contributed by atoms with Crippen LogP contribution in [0.25, 0.3) is 11.3 Å². The van der Waals surface area contributed by atoms with Crippen LogP contribution in [0.4, 0.5) is 10.2 Å². The summed E-state index contributed by atoms with van der Waals surface area (Å²) in [6.45, 7) is 4.65. The molecule has 2 rings (SSSR count). The highest BCUT2D eigenvalue weighted by atomic mass is 35.5. The summed E-state index contributed by atoms with van der Waals surface area (Å²) < 4.78 is 13.2. The van der Waals surface area contributed by atoms with E-state index in [0.717, 1.165) is 24.1 Å². The van der Waals surface area contributed by atoms with Gasteiger partial charge >= 0.3 is 0 Å². The highest BCUT2D eigenvalue weighted by Crippen LogP contribution is 2.34. The second-order valence-electron chi connectivity index (χ2n) is 4.54. The van der Waals surface area contributed by atoms with Crippen LogP contribution in [0.1, 0.15) is 18.9 Å². The van der Waals surface area contributed by atoms with Crippen molar-refractivity contribution in [2.24, 2.45) is 0 Å². The first-order valence-electron chi connectivity index (χ1n) is 6.39. The van der Waals surface area contributed by atoms with E-state index in [1.807, 2.05) is 6.92 Å². The monoisotopic (exact) mass is 312 g/mol. The zero-order valence-electron chi connectivity index (χ0n) is 11.3. The predicted octanol–water partition coefficient (Wildman–Crippen LogP) is 5.32. The summed E-state index contributed by atoms with van der Waals surface area (Å²) in [4.78, 5) is 4.47. The summed E-state index contributed by atoms with van der Waals surface area (Å²) in [6.07, 6.45) is 0.964. The van der Waals surface area contributed by atoms with Gasteiger partial charge in [0.05, 0.1) is 15.7 Å². The van der Waals surface area contributed by atoms with E-state index in [1.165, 1.54) is 12.1 Å². The molecule has 106 valence electrons. The van der Waals surface area contributed by atoms with Gasteiger partial charge in [0.1, 0.15) is 11.6 Å². The molecule has 2 aromatic rings. The molecule has 0 aliphatic rings. The van der Waals surface area contributed by atoms with Gasteiger partial charge in [0.25, 0.3) is 0 Å². The number of nitrogens with zero attached hydrogens (tertiary/aromatic N) is 1. The number of hydrogen-bond acceptors (Lipinski definition) is 2. The summed E-state index contributed by atoms with van der Waals surface area (Å²) in [7, 11) is 0. The number of nitrogens with one attached hydrogen (secondary N) is 1. The Bertz CT molecular complexity index is 630. The molecule has 5 heteroatoms. The van der Waals surface area contributed by atoms with E-state index in [1.54, 1.807) is 12.1 Å².